The first-order valence-electron chi connectivity index (χ1n) is 5.49. The average Bonchev–Trinajstić information content (AvgIpc) is 2.24. The first kappa shape index (κ1) is 13.8. The summed E-state index contributed by atoms with van der Waals surface area (Å²) in [5.74, 6) is -0.697. The van der Waals surface area contributed by atoms with Crippen LogP contribution in [-0.2, 0) is 9.59 Å². The van der Waals surface area contributed by atoms with Crippen molar-refractivity contribution >= 4 is 11.8 Å². The quantitative estimate of drug-likeness (QED) is 0.732. The van der Waals surface area contributed by atoms with Gasteiger partial charge in [0, 0.05) is 25.9 Å². The van der Waals surface area contributed by atoms with Crippen molar-refractivity contribution in [1.82, 2.24) is 10.6 Å². The predicted molar refractivity (Wildman–Crippen MR) is 54.0 cm³/mol. The molecule has 17 heavy (non-hydrogen) atoms. The summed E-state index contributed by atoms with van der Waals surface area (Å²) in [6, 6.07) is 0. The van der Waals surface area contributed by atoms with E-state index in [1.807, 2.05) is 0 Å². The molecule has 2 N–H and O–H groups in total. The van der Waals surface area contributed by atoms with Gasteiger partial charge in [-0.1, -0.05) is 0 Å². The van der Waals surface area contributed by atoms with Gasteiger partial charge in [-0.05, 0) is 12.8 Å². The van der Waals surface area contributed by atoms with Gasteiger partial charge in [0.15, 0.2) is 0 Å². The standard InChI is InChI=1S/C10H15F3N2O2/c11-10(12,13)4-1-5-14-9(17)7-2-3-8(16)15-6-7/h7H,1-6H2,(H,14,17)(H,15,16). The molecular weight excluding hydrogens is 237 g/mol. The maximum atomic E-state index is 11.8. The lowest BCUT2D eigenvalue weighted by Gasteiger charge is -2.21. The summed E-state index contributed by atoms with van der Waals surface area (Å²) in [6.07, 6.45) is -4.44. The second-order valence-corrected chi connectivity index (χ2v) is 4.05. The van der Waals surface area contributed by atoms with Crippen molar-refractivity contribution in [2.24, 2.45) is 5.92 Å². The monoisotopic (exact) mass is 252 g/mol. The number of halogens is 3. The minimum atomic E-state index is -4.18. The van der Waals surface area contributed by atoms with E-state index in [0.29, 0.717) is 12.8 Å². The summed E-state index contributed by atoms with van der Waals surface area (Å²) >= 11 is 0. The Morgan fingerprint density at radius 3 is 2.71 bits per heavy atom. The highest BCUT2D eigenvalue weighted by Gasteiger charge is 2.27. The highest BCUT2D eigenvalue weighted by atomic mass is 19.4. The third kappa shape index (κ3) is 5.55. The summed E-state index contributed by atoms with van der Waals surface area (Å²) in [5.41, 5.74) is 0. The second kappa shape index (κ2) is 5.88. The number of amides is 2. The van der Waals surface area contributed by atoms with E-state index in [4.69, 9.17) is 0 Å². The topological polar surface area (TPSA) is 58.2 Å². The Hall–Kier alpha value is -1.27. The molecular formula is C10H15F3N2O2. The number of alkyl halides is 3. The van der Waals surface area contributed by atoms with Crippen LogP contribution < -0.4 is 10.6 Å². The Morgan fingerprint density at radius 2 is 2.18 bits per heavy atom. The van der Waals surface area contributed by atoms with Crippen LogP contribution in [0.15, 0.2) is 0 Å². The molecule has 0 aromatic heterocycles. The minimum Gasteiger partial charge on any atom is -0.356 e. The van der Waals surface area contributed by atoms with Gasteiger partial charge in [0.2, 0.25) is 11.8 Å². The van der Waals surface area contributed by atoms with Crippen LogP contribution in [0.5, 0.6) is 0 Å². The van der Waals surface area contributed by atoms with Crippen molar-refractivity contribution in [3.8, 4) is 0 Å². The zero-order chi connectivity index (χ0) is 12.9. The lowest BCUT2D eigenvalue weighted by molar-refractivity contribution is -0.137. The van der Waals surface area contributed by atoms with E-state index in [1.54, 1.807) is 0 Å². The van der Waals surface area contributed by atoms with Crippen LogP contribution in [0.25, 0.3) is 0 Å². The fraction of sp³-hybridized carbons (Fsp3) is 0.800. The zero-order valence-electron chi connectivity index (χ0n) is 9.27. The van der Waals surface area contributed by atoms with Crippen LogP contribution in [0.1, 0.15) is 25.7 Å². The fourth-order valence-corrected chi connectivity index (χ4v) is 1.60. The van der Waals surface area contributed by atoms with E-state index in [2.05, 4.69) is 10.6 Å². The number of hydrogen-bond acceptors (Lipinski definition) is 2. The maximum absolute atomic E-state index is 11.8. The van der Waals surface area contributed by atoms with E-state index in [9.17, 15) is 22.8 Å². The molecule has 7 heteroatoms. The highest BCUT2D eigenvalue weighted by Crippen LogP contribution is 2.20. The van der Waals surface area contributed by atoms with Crippen molar-refractivity contribution in [2.75, 3.05) is 13.1 Å². The first-order valence-corrected chi connectivity index (χ1v) is 5.49. The number of carbonyl (C=O) groups excluding carboxylic acids is 2. The minimum absolute atomic E-state index is 0.0167. The molecule has 2 amide bonds. The highest BCUT2D eigenvalue weighted by molar-refractivity contribution is 5.83. The van der Waals surface area contributed by atoms with Gasteiger partial charge in [-0.25, -0.2) is 0 Å². The normalized spacial score (nSPS) is 20.9. The van der Waals surface area contributed by atoms with Crippen LogP contribution in [-0.4, -0.2) is 31.1 Å². The van der Waals surface area contributed by atoms with Gasteiger partial charge in [0.1, 0.15) is 0 Å². The average molecular weight is 252 g/mol. The molecule has 0 bridgehead atoms. The van der Waals surface area contributed by atoms with Crippen LogP contribution in [0, 0.1) is 5.92 Å². The molecule has 1 rings (SSSR count). The SMILES string of the molecule is O=C1CCC(C(=O)NCCCC(F)(F)F)CN1. The molecule has 4 nitrogen and oxygen atoms in total. The lowest BCUT2D eigenvalue weighted by atomic mass is 9.98. The summed E-state index contributed by atoms with van der Waals surface area (Å²) < 4.78 is 35.5. The molecule has 0 saturated carbocycles. The fourth-order valence-electron chi connectivity index (χ4n) is 1.60. The van der Waals surface area contributed by atoms with E-state index >= 15 is 0 Å². The molecule has 1 aliphatic heterocycles. The summed E-state index contributed by atoms with van der Waals surface area (Å²) in [7, 11) is 0. The van der Waals surface area contributed by atoms with Crippen molar-refractivity contribution in [1.29, 1.82) is 0 Å². The zero-order valence-corrected chi connectivity index (χ0v) is 9.27. The van der Waals surface area contributed by atoms with Crippen molar-refractivity contribution in [3.63, 3.8) is 0 Å². The lowest BCUT2D eigenvalue weighted by Crippen LogP contribution is -2.43. The van der Waals surface area contributed by atoms with E-state index in [0.717, 1.165) is 0 Å². The Labute approximate surface area is 96.9 Å². The molecule has 1 fully saturated rings. The maximum Gasteiger partial charge on any atom is 0.389 e. The van der Waals surface area contributed by atoms with Gasteiger partial charge in [0.25, 0.3) is 0 Å². The Bertz CT molecular complexity index is 282. The summed E-state index contributed by atoms with van der Waals surface area (Å²) in [6.45, 7) is 0.284. The number of nitrogens with one attached hydrogen (secondary N) is 2. The van der Waals surface area contributed by atoms with Gasteiger partial charge < -0.3 is 10.6 Å². The molecule has 0 aromatic rings. The molecule has 98 valence electrons. The van der Waals surface area contributed by atoms with Crippen LogP contribution >= 0.6 is 0 Å². The number of carbonyl (C=O) groups is 2. The van der Waals surface area contributed by atoms with E-state index < -0.39 is 12.6 Å². The molecule has 1 saturated heterocycles. The van der Waals surface area contributed by atoms with Crippen LogP contribution in [0.3, 0.4) is 0 Å². The number of rotatable bonds is 4. The molecule has 0 aromatic carbocycles. The third-order valence-corrected chi connectivity index (χ3v) is 2.57. The van der Waals surface area contributed by atoms with Gasteiger partial charge in [-0.15, -0.1) is 0 Å². The molecule has 0 radical (unpaired) electrons. The molecule has 1 unspecified atom stereocenters. The molecule has 1 aliphatic rings. The molecule has 1 heterocycles. The van der Waals surface area contributed by atoms with Crippen molar-refractivity contribution in [3.05, 3.63) is 0 Å². The van der Waals surface area contributed by atoms with E-state index in [1.165, 1.54) is 0 Å². The van der Waals surface area contributed by atoms with Gasteiger partial charge in [-0.3, -0.25) is 9.59 Å². The number of hydrogen-bond donors (Lipinski definition) is 2. The predicted octanol–water partition coefficient (Wildman–Crippen LogP) is 0.971. The van der Waals surface area contributed by atoms with Gasteiger partial charge in [0.05, 0.1) is 5.92 Å². The molecule has 1 atom stereocenters. The molecule has 0 aliphatic carbocycles. The van der Waals surface area contributed by atoms with Crippen molar-refractivity contribution < 1.29 is 22.8 Å². The van der Waals surface area contributed by atoms with Crippen molar-refractivity contribution in [2.45, 2.75) is 31.9 Å². The summed E-state index contributed by atoms with van der Waals surface area (Å²) in [4.78, 5) is 22.3. The first-order chi connectivity index (χ1) is 7.88. The van der Waals surface area contributed by atoms with Crippen LogP contribution in [0.2, 0.25) is 0 Å². The number of piperidine rings is 1. The third-order valence-electron chi connectivity index (χ3n) is 2.57. The van der Waals surface area contributed by atoms with E-state index in [-0.39, 0.29) is 37.2 Å². The Morgan fingerprint density at radius 1 is 1.47 bits per heavy atom. The van der Waals surface area contributed by atoms with Gasteiger partial charge in [-0.2, -0.15) is 13.2 Å². The van der Waals surface area contributed by atoms with Gasteiger partial charge >= 0.3 is 6.18 Å². The summed E-state index contributed by atoms with van der Waals surface area (Å²) in [5, 5.41) is 5.00. The van der Waals surface area contributed by atoms with Crippen LogP contribution in [0.4, 0.5) is 13.2 Å². The second-order valence-electron chi connectivity index (χ2n) is 4.05. The smallest absolute Gasteiger partial charge is 0.356 e. The Kier molecular flexibility index (Phi) is 4.77. The molecule has 0 spiro atoms. The largest absolute Gasteiger partial charge is 0.389 e. The Balaban J connectivity index is 2.15.